The number of benzene rings is 2. The fourth-order valence-electron chi connectivity index (χ4n) is 5.32. The predicted octanol–water partition coefficient (Wildman–Crippen LogP) is 7.09. The molecule has 2 aromatic rings. The fourth-order valence-corrected chi connectivity index (χ4v) is 5.32. The van der Waals surface area contributed by atoms with Crippen molar-refractivity contribution in [2.45, 2.75) is 64.2 Å². The molecule has 0 spiro atoms. The van der Waals surface area contributed by atoms with Crippen molar-refractivity contribution in [1.82, 2.24) is 4.90 Å². The van der Waals surface area contributed by atoms with Crippen LogP contribution in [-0.2, 0) is 28.4 Å². The zero-order valence-electron chi connectivity index (χ0n) is 27.1. The molecule has 0 saturated heterocycles. The van der Waals surface area contributed by atoms with E-state index in [-0.39, 0.29) is 12.0 Å². The van der Waals surface area contributed by atoms with E-state index in [2.05, 4.69) is 31.2 Å². The van der Waals surface area contributed by atoms with Crippen LogP contribution in [0.2, 0.25) is 0 Å². The molecule has 1 amide bonds. The van der Waals surface area contributed by atoms with Crippen molar-refractivity contribution < 1.29 is 33.2 Å². The number of nitrogens with zero attached hydrogens (tertiary/aromatic N) is 1. The first kappa shape index (κ1) is 36.0. The summed E-state index contributed by atoms with van der Waals surface area (Å²) < 4.78 is 33.6. The van der Waals surface area contributed by atoms with Crippen LogP contribution in [0.3, 0.4) is 0 Å². The van der Waals surface area contributed by atoms with E-state index in [4.69, 9.17) is 28.4 Å². The van der Waals surface area contributed by atoms with E-state index >= 15 is 0 Å². The third-order valence-corrected chi connectivity index (χ3v) is 7.85. The largest absolute Gasteiger partial charge is 0.448 e. The van der Waals surface area contributed by atoms with Gasteiger partial charge in [0.25, 0.3) is 0 Å². The molecule has 0 N–H and O–H groups in total. The quantitative estimate of drug-likeness (QED) is 0.105. The van der Waals surface area contributed by atoms with Gasteiger partial charge < -0.3 is 33.3 Å². The summed E-state index contributed by atoms with van der Waals surface area (Å²) in [5, 5.41) is 0. The fraction of sp³-hybridized carbons (Fsp3) is 0.639. The molecule has 8 nitrogen and oxygen atoms in total. The molecule has 8 heteroatoms. The topological polar surface area (TPSA) is 75.7 Å². The summed E-state index contributed by atoms with van der Waals surface area (Å²) in [6.45, 7) is 8.56. The molecular formula is C36H55NO7. The maximum Gasteiger partial charge on any atom is 0.409 e. The van der Waals surface area contributed by atoms with Crippen molar-refractivity contribution in [3.8, 4) is 11.1 Å². The minimum Gasteiger partial charge on any atom is -0.448 e. The maximum atomic E-state index is 12.6. The Kier molecular flexibility index (Phi) is 18.8. The van der Waals surface area contributed by atoms with Gasteiger partial charge in [0.2, 0.25) is 0 Å². The molecule has 0 atom stereocenters. The molecule has 3 rings (SSSR count). The average Bonchev–Trinajstić information content (AvgIpc) is 3.37. The summed E-state index contributed by atoms with van der Waals surface area (Å²) in [4.78, 5) is 14.1. The molecular weight excluding hydrogens is 558 g/mol. The van der Waals surface area contributed by atoms with E-state index in [1.165, 1.54) is 67.2 Å². The number of likely N-dealkylation sites (N-methyl/N-ethyl adjacent to an activating group) is 1. The van der Waals surface area contributed by atoms with Gasteiger partial charge >= 0.3 is 6.09 Å². The van der Waals surface area contributed by atoms with E-state index < -0.39 is 0 Å². The summed E-state index contributed by atoms with van der Waals surface area (Å²) in [7, 11) is 1.73. The Labute approximate surface area is 265 Å². The van der Waals surface area contributed by atoms with Crippen molar-refractivity contribution in [2.75, 3.05) is 86.3 Å². The van der Waals surface area contributed by atoms with Crippen LogP contribution in [0.1, 0.15) is 75.3 Å². The first-order valence-electron chi connectivity index (χ1n) is 16.7. The smallest absolute Gasteiger partial charge is 0.409 e. The minimum absolute atomic E-state index is 0.0541. The van der Waals surface area contributed by atoms with Gasteiger partial charge in [0.1, 0.15) is 6.61 Å². The van der Waals surface area contributed by atoms with Gasteiger partial charge in [0.15, 0.2) is 0 Å². The monoisotopic (exact) mass is 613 g/mol. The Morgan fingerprint density at radius 2 is 1.02 bits per heavy atom. The highest BCUT2D eigenvalue weighted by molar-refractivity contribution is 5.79. The van der Waals surface area contributed by atoms with Crippen molar-refractivity contribution in [2.24, 2.45) is 0 Å². The summed E-state index contributed by atoms with van der Waals surface area (Å²) in [5.74, 6) is 0.0541. The standard InChI is InChI=1S/C36H55NO7/c1-3-4-5-6-7-8-9-14-20-39-22-24-41-26-28-43-29-27-42-25-23-40-21-19-37(2)36(38)44-30-35-33-17-12-10-15-31(33)32-16-11-13-18-34(32)35/h10-13,15-18,35H,3-9,14,19-30H2,1-2H3. The van der Waals surface area contributed by atoms with Gasteiger partial charge in [-0.1, -0.05) is 100 Å². The first-order valence-corrected chi connectivity index (χ1v) is 16.7. The lowest BCUT2D eigenvalue weighted by atomic mass is 9.98. The summed E-state index contributed by atoms with van der Waals surface area (Å²) in [6.07, 6.45) is 10.2. The molecule has 1 aliphatic carbocycles. The first-order chi connectivity index (χ1) is 21.7. The number of amides is 1. The second kappa shape index (κ2) is 22.9. The maximum absolute atomic E-state index is 12.6. The lowest BCUT2D eigenvalue weighted by Gasteiger charge is -2.19. The van der Waals surface area contributed by atoms with Crippen LogP contribution < -0.4 is 0 Å². The minimum atomic E-state index is -0.348. The molecule has 0 fully saturated rings. The molecule has 0 radical (unpaired) electrons. The highest BCUT2D eigenvalue weighted by Crippen LogP contribution is 2.44. The molecule has 1 aliphatic rings. The Bertz CT molecular complexity index is 988. The lowest BCUT2D eigenvalue weighted by Crippen LogP contribution is -2.32. The Morgan fingerprint density at radius 1 is 0.591 bits per heavy atom. The molecule has 0 saturated carbocycles. The van der Waals surface area contributed by atoms with E-state index in [0.29, 0.717) is 72.6 Å². The van der Waals surface area contributed by atoms with Gasteiger partial charge in [0.05, 0.1) is 59.5 Å². The number of carbonyl (C=O) groups is 1. The van der Waals surface area contributed by atoms with Gasteiger partial charge in [-0.2, -0.15) is 0 Å². The van der Waals surface area contributed by atoms with Gasteiger partial charge in [-0.25, -0.2) is 4.79 Å². The Morgan fingerprint density at radius 3 is 1.55 bits per heavy atom. The van der Waals surface area contributed by atoms with Crippen molar-refractivity contribution >= 4 is 6.09 Å². The van der Waals surface area contributed by atoms with Crippen molar-refractivity contribution in [1.29, 1.82) is 0 Å². The zero-order valence-corrected chi connectivity index (χ0v) is 27.1. The third kappa shape index (κ3) is 13.7. The molecule has 0 aliphatic heterocycles. The number of hydrogen-bond acceptors (Lipinski definition) is 7. The summed E-state index contributed by atoms with van der Waals surface area (Å²) in [6, 6.07) is 16.6. The van der Waals surface area contributed by atoms with Crippen LogP contribution in [0.4, 0.5) is 4.79 Å². The molecule has 2 aromatic carbocycles. The van der Waals surface area contributed by atoms with Crippen LogP contribution in [0.15, 0.2) is 48.5 Å². The van der Waals surface area contributed by atoms with Gasteiger partial charge in [-0.3, -0.25) is 0 Å². The SMILES string of the molecule is CCCCCCCCCCOCCOCCOCCOCCOCCN(C)C(=O)OCC1c2ccccc2-c2ccccc21. The van der Waals surface area contributed by atoms with Crippen LogP contribution >= 0.6 is 0 Å². The number of hydrogen-bond donors (Lipinski definition) is 0. The second-order valence-electron chi connectivity index (χ2n) is 11.3. The summed E-state index contributed by atoms with van der Waals surface area (Å²) in [5.41, 5.74) is 4.84. The number of ether oxygens (including phenoxy) is 6. The molecule has 0 unspecified atom stereocenters. The number of carbonyl (C=O) groups excluding carboxylic acids is 1. The molecule has 0 heterocycles. The molecule has 44 heavy (non-hydrogen) atoms. The molecule has 0 bridgehead atoms. The van der Waals surface area contributed by atoms with E-state index in [9.17, 15) is 4.79 Å². The average molecular weight is 614 g/mol. The van der Waals surface area contributed by atoms with Crippen LogP contribution in [0, 0.1) is 0 Å². The van der Waals surface area contributed by atoms with Gasteiger partial charge in [-0.15, -0.1) is 0 Å². The molecule has 246 valence electrons. The number of unbranched alkanes of at least 4 members (excludes halogenated alkanes) is 7. The van der Waals surface area contributed by atoms with Crippen molar-refractivity contribution in [3.63, 3.8) is 0 Å². The second-order valence-corrected chi connectivity index (χ2v) is 11.3. The van der Waals surface area contributed by atoms with E-state index in [1.807, 2.05) is 24.3 Å². The number of fused-ring (bicyclic) bond motifs is 3. The lowest BCUT2D eigenvalue weighted by molar-refractivity contribution is -0.0121. The van der Waals surface area contributed by atoms with Crippen LogP contribution in [0.5, 0.6) is 0 Å². The normalized spacial score (nSPS) is 12.3. The van der Waals surface area contributed by atoms with Crippen LogP contribution in [0.25, 0.3) is 11.1 Å². The van der Waals surface area contributed by atoms with Crippen LogP contribution in [-0.4, -0.2) is 97.3 Å². The van der Waals surface area contributed by atoms with Crippen molar-refractivity contribution in [3.05, 3.63) is 59.7 Å². The van der Waals surface area contributed by atoms with E-state index in [0.717, 1.165) is 13.0 Å². The van der Waals surface area contributed by atoms with Gasteiger partial charge in [-0.05, 0) is 28.7 Å². The highest BCUT2D eigenvalue weighted by atomic mass is 16.6. The number of rotatable bonds is 26. The molecule has 0 aromatic heterocycles. The zero-order chi connectivity index (χ0) is 31.1. The predicted molar refractivity (Wildman–Crippen MR) is 174 cm³/mol. The van der Waals surface area contributed by atoms with Gasteiger partial charge in [0, 0.05) is 26.1 Å². The Hall–Kier alpha value is -2.49. The summed E-state index contributed by atoms with van der Waals surface area (Å²) >= 11 is 0. The highest BCUT2D eigenvalue weighted by Gasteiger charge is 2.29. The van der Waals surface area contributed by atoms with E-state index in [1.54, 1.807) is 11.9 Å². The Balaban J connectivity index is 1.06. The third-order valence-electron chi connectivity index (χ3n) is 7.85.